The van der Waals surface area contributed by atoms with Crippen LogP contribution in [-0.2, 0) is 0 Å². The average molecular weight is 605 g/mol. The highest BCUT2D eigenvalue weighted by atomic mass is 35.5. The zero-order valence-electron chi connectivity index (χ0n) is 22.5. The van der Waals surface area contributed by atoms with Crippen molar-refractivity contribution in [2.75, 3.05) is 14.2 Å². The average Bonchev–Trinajstić information content (AvgIpc) is 3.01. The predicted molar refractivity (Wildman–Crippen MR) is 165 cm³/mol. The third kappa shape index (κ3) is 5.77. The Balaban J connectivity index is 0.000000169. The van der Waals surface area contributed by atoms with Crippen LogP contribution in [0.25, 0.3) is 43.8 Å². The van der Waals surface area contributed by atoms with E-state index in [1.54, 1.807) is 56.7 Å². The summed E-state index contributed by atoms with van der Waals surface area (Å²) in [4.78, 5) is 0. The molecule has 0 amide bonds. The summed E-state index contributed by atoms with van der Waals surface area (Å²) in [7, 11) is 3.18. The lowest BCUT2D eigenvalue weighted by Gasteiger charge is -2.12. The molecular formula is C34H24Cl2F2O4. The van der Waals surface area contributed by atoms with Gasteiger partial charge in [0.05, 0.1) is 24.3 Å². The predicted octanol–water partition coefficient (Wildman–Crippen LogP) is 10.0. The number of ether oxygens (including phenoxy) is 2. The molecule has 0 aliphatic carbocycles. The Morgan fingerprint density at radius 1 is 0.571 bits per heavy atom. The molecule has 0 saturated carbocycles. The molecule has 0 aromatic heterocycles. The Morgan fingerprint density at radius 2 is 1.19 bits per heavy atom. The van der Waals surface area contributed by atoms with Crippen LogP contribution in [0.2, 0.25) is 10.0 Å². The van der Waals surface area contributed by atoms with Crippen molar-refractivity contribution in [3.63, 3.8) is 0 Å². The summed E-state index contributed by atoms with van der Waals surface area (Å²) in [5.74, 6) is 0.472. The van der Waals surface area contributed by atoms with Gasteiger partial charge in [-0.05, 0) is 88.8 Å². The van der Waals surface area contributed by atoms with Gasteiger partial charge < -0.3 is 19.7 Å². The molecule has 8 heteroatoms. The number of rotatable bonds is 4. The third-order valence-corrected chi connectivity index (χ3v) is 7.61. The van der Waals surface area contributed by atoms with Crippen LogP contribution in [0.5, 0.6) is 23.0 Å². The van der Waals surface area contributed by atoms with E-state index in [1.807, 2.05) is 30.3 Å². The van der Waals surface area contributed by atoms with Crippen LogP contribution in [0, 0.1) is 11.6 Å². The minimum Gasteiger partial charge on any atom is -0.508 e. The fraction of sp³-hybridized carbons (Fsp3) is 0.0588. The molecule has 42 heavy (non-hydrogen) atoms. The van der Waals surface area contributed by atoms with Crippen LogP contribution in [0.4, 0.5) is 8.78 Å². The number of benzene rings is 6. The summed E-state index contributed by atoms with van der Waals surface area (Å²) in [5.41, 5.74) is 3.02. The van der Waals surface area contributed by atoms with E-state index in [0.717, 1.165) is 27.8 Å². The summed E-state index contributed by atoms with van der Waals surface area (Å²) in [6, 6.07) is 26.9. The van der Waals surface area contributed by atoms with E-state index < -0.39 is 5.82 Å². The Bertz CT molecular complexity index is 1910. The number of fused-ring (bicyclic) bond motifs is 2. The number of methoxy groups -OCH3 is 2. The van der Waals surface area contributed by atoms with E-state index >= 15 is 0 Å². The largest absolute Gasteiger partial charge is 0.508 e. The number of phenolic OH excluding ortho intramolecular Hbond substituents is 2. The fourth-order valence-corrected chi connectivity index (χ4v) is 5.20. The number of halogens is 4. The highest BCUT2D eigenvalue weighted by Crippen LogP contribution is 2.42. The second-order valence-corrected chi connectivity index (χ2v) is 10.1. The Morgan fingerprint density at radius 3 is 1.81 bits per heavy atom. The minimum atomic E-state index is -0.536. The second-order valence-electron chi connectivity index (χ2n) is 9.36. The molecule has 0 aliphatic heterocycles. The number of hydrogen-bond acceptors (Lipinski definition) is 4. The van der Waals surface area contributed by atoms with Gasteiger partial charge in [0.1, 0.15) is 34.6 Å². The zero-order valence-corrected chi connectivity index (χ0v) is 24.0. The minimum absolute atomic E-state index is 0.0434. The SMILES string of the molecule is COc1ccc(-c2cc(F)c3c(Cl)c(O)ccc3c2Cl)cc1.COc1ccc(-c2cc(F)c3cc(O)ccc3c2)cc1. The lowest BCUT2D eigenvalue weighted by Crippen LogP contribution is -1.89. The maximum atomic E-state index is 14.4. The molecule has 6 aromatic carbocycles. The van der Waals surface area contributed by atoms with E-state index in [4.69, 9.17) is 32.7 Å². The first-order chi connectivity index (χ1) is 20.2. The molecule has 0 unspecified atom stereocenters. The molecule has 0 aliphatic rings. The van der Waals surface area contributed by atoms with Gasteiger partial charge in [-0.3, -0.25) is 0 Å². The first-order valence-corrected chi connectivity index (χ1v) is 13.5. The molecule has 0 atom stereocenters. The topological polar surface area (TPSA) is 58.9 Å². The monoisotopic (exact) mass is 604 g/mol. The third-order valence-electron chi connectivity index (χ3n) is 6.82. The van der Waals surface area contributed by atoms with Crippen molar-refractivity contribution in [3.05, 3.63) is 119 Å². The molecule has 4 nitrogen and oxygen atoms in total. The molecule has 6 rings (SSSR count). The standard InChI is InChI=1S/C17H11Cl2FO2.C17H13FO2/c1-22-10-4-2-9(3-5-10)12-8-13(20)15-11(16(12)18)6-7-14(21)17(15)19;1-20-15-6-3-11(4-7-15)13-8-12-2-5-14(19)10-16(12)17(18)9-13/h2-8,21H,1H3;2-10,19H,1H3. The maximum Gasteiger partial charge on any atom is 0.134 e. The van der Waals surface area contributed by atoms with E-state index in [1.165, 1.54) is 24.3 Å². The van der Waals surface area contributed by atoms with Gasteiger partial charge in [-0.25, -0.2) is 8.78 Å². The lowest BCUT2D eigenvalue weighted by atomic mass is 10.00. The number of phenols is 2. The van der Waals surface area contributed by atoms with Gasteiger partial charge in [-0.15, -0.1) is 0 Å². The van der Waals surface area contributed by atoms with Crippen molar-refractivity contribution in [3.8, 4) is 45.3 Å². The van der Waals surface area contributed by atoms with Gasteiger partial charge in [0.2, 0.25) is 0 Å². The molecule has 0 spiro atoms. The summed E-state index contributed by atoms with van der Waals surface area (Å²) in [6.07, 6.45) is 0. The van der Waals surface area contributed by atoms with Crippen molar-refractivity contribution in [1.29, 1.82) is 0 Å². The van der Waals surface area contributed by atoms with Crippen molar-refractivity contribution in [2.45, 2.75) is 0 Å². The Kier molecular flexibility index (Phi) is 8.39. The van der Waals surface area contributed by atoms with Gasteiger partial charge >= 0.3 is 0 Å². The van der Waals surface area contributed by atoms with E-state index in [-0.39, 0.29) is 27.7 Å². The molecule has 0 radical (unpaired) electrons. The van der Waals surface area contributed by atoms with Gasteiger partial charge in [0.25, 0.3) is 0 Å². The summed E-state index contributed by atoms with van der Waals surface area (Å²) in [5, 5.41) is 21.1. The smallest absolute Gasteiger partial charge is 0.134 e. The highest BCUT2D eigenvalue weighted by molar-refractivity contribution is 6.42. The van der Waals surface area contributed by atoms with E-state index in [9.17, 15) is 19.0 Å². The molecule has 0 heterocycles. The maximum absolute atomic E-state index is 14.4. The Hall–Kier alpha value is -4.52. The van der Waals surface area contributed by atoms with Gasteiger partial charge in [-0.2, -0.15) is 0 Å². The zero-order chi connectivity index (χ0) is 30.0. The first kappa shape index (κ1) is 29.0. The quantitative estimate of drug-likeness (QED) is 0.210. The van der Waals surface area contributed by atoms with Crippen molar-refractivity contribution in [1.82, 2.24) is 0 Å². The first-order valence-electron chi connectivity index (χ1n) is 12.7. The molecule has 212 valence electrons. The number of aromatic hydroxyl groups is 2. The fourth-order valence-electron chi connectivity index (χ4n) is 4.62. The van der Waals surface area contributed by atoms with Gasteiger partial charge in [-0.1, -0.05) is 53.5 Å². The molecule has 0 saturated heterocycles. The summed E-state index contributed by atoms with van der Waals surface area (Å²) >= 11 is 12.4. The normalized spacial score (nSPS) is 10.8. The highest BCUT2D eigenvalue weighted by Gasteiger charge is 2.17. The van der Waals surface area contributed by atoms with Gasteiger partial charge in [0.15, 0.2) is 0 Å². The molecule has 0 bridgehead atoms. The molecular weight excluding hydrogens is 581 g/mol. The van der Waals surface area contributed by atoms with Crippen LogP contribution in [-0.4, -0.2) is 24.4 Å². The van der Waals surface area contributed by atoms with E-state index in [0.29, 0.717) is 27.1 Å². The summed E-state index contributed by atoms with van der Waals surface area (Å²) in [6.45, 7) is 0. The van der Waals surface area contributed by atoms with Crippen LogP contribution < -0.4 is 9.47 Å². The van der Waals surface area contributed by atoms with Crippen LogP contribution in [0.3, 0.4) is 0 Å². The summed E-state index contributed by atoms with van der Waals surface area (Å²) < 4.78 is 38.8. The van der Waals surface area contributed by atoms with Crippen LogP contribution in [0.15, 0.2) is 97.1 Å². The van der Waals surface area contributed by atoms with Gasteiger partial charge in [0, 0.05) is 21.7 Å². The van der Waals surface area contributed by atoms with Crippen molar-refractivity contribution < 1.29 is 28.5 Å². The van der Waals surface area contributed by atoms with Crippen molar-refractivity contribution >= 4 is 44.7 Å². The lowest BCUT2D eigenvalue weighted by molar-refractivity contribution is 0.415. The van der Waals surface area contributed by atoms with Crippen molar-refractivity contribution in [2.24, 2.45) is 0 Å². The molecule has 6 aromatic rings. The molecule has 0 fully saturated rings. The number of hydrogen-bond donors (Lipinski definition) is 2. The van der Waals surface area contributed by atoms with E-state index in [2.05, 4.69) is 0 Å². The second kappa shape index (κ2) is 12.1. The van der Waals surface area contributed by atoms with Crippen LogP contribution in [0.1, 0.15) is 0 Å². The Labute approximate surface area is 250 Å². The van der Waals surface area contributed by atoms with Crippen LogP contribution >= 0.6 is 23.2 Å². The molecule has 2 N–H and O–H groups in total.